The van der Waals surface area contributed by atoms with Crippen molar-refractivity contribution in [3.8, 4) is 0 Å². The summed E-state index contributed by atoms with van der Waals surface area (Å²) in [4.78, 5) is 2.52. The molecule has 0 saturated carbocycles. The van der Waals surface area contributed by atoms with Crippen molar-refractivity contribution >= 4 is 0 Å². The molecule has 17 heavy (non-hydrogen) atoms. The van der Waals surface area contributed by atoms with Crippen molar-refractivity contribution < 1.29 is 4.74 Å². The van der Waals surface area contributed by atoms with Gasteiger partial charge in [-0.15, -0.1) is 0 Å². The van der Waals surface area contributed by atoms with Gasteiger partial charge in [0.05, 0.1) is 0 Å². The molecule has 1 aliphatic rings. The zero-order chi connectivity index (χ0) is 12.9. The molecular weight excluding hydrogens is 212 g/mol. The second-order valence-corrected chi connectivity index (χ2v) is 6.46. The highest BCUT2D eigenvalue weighted by Gasteiger charge is 2.25. The first kappa shape index (κ1) is 14.9. The van der Waals surface area contributed by atoms with Gasteiger partial charge >= 0.3 is 0 Å². The van der Waals surface area contributed by atoms with Gasteiger partial charge in [0, 0.05) is 38.4 Å². The van der Waals surface area contributed by atoms with Gasteiger partial charge in [0.1, 0.15) is 0 Å². The minimum Gasteiger partial charge on any atom is -0.381 e. The maximum Gasteiger partial charge on any atom is 0.0480 e. The van der Waals surface area contributed by atoms with Crippen LogP contribution in [0.3, 0.4) is 0 Å². The van der Waals surface area contributed by atoms with Crippen molar-refractivity contribution in [2.75, 3.05) is 33.4 Å². The molecule has 3 heteroatoms. The Labute approximate surface area is 107 Å². The molecule has 3 nitrogen and oxygen atoms in total. The molecule has 0 atom stereocenters. The van der Waals surface area contributed by atoms with Gasteiger partial charge in [-0.3, -0.25) is 0 Å². The van der Waals surface area contributed by atoms with E-state index < -0.39 is 0 Å². The first-order valence-electron chi connectivity index (χ1n) is 6.92. The lowest BCUT2D eigenvalue weighted by Crippen LogP contribution is -2.45. The average Bonchev–Trinajstić information content (AvgIpc) is 2.27. The van der Waals surface area contributed by atoms with Crippen LogP contribution >= 0.6 is 0 Å². The standard InChI is InChI=1S/C14H30N2O/c1-12(2)15-10-14(3,4)11-16(5)13-6-8-17-9-7-13/h12-13,15H,6-11H2,1-5H3. The third-order valence-electron chi connectivity index (χ3n) is 3.48. The zero-order valence-electron chi connectivity index (χ0n) is 12.3. The Morgan fingerprint density at radius 2 is 1.88 bits per heavy atom. The topological polar surface area (TPSA) is 24.5 Å². The Morgan fingerprint density at radius 3 is 2.41 bits per heavy atom. The second kappa shape index (κ2) is 6.72. The summed E-state index contributed by atoms with van der Waals surface area (Å²) in [6, 6.07) is 1.28. The SMILES string of the molecule is CC(C)NCC(C)(C)CN(C)C1CCOCC1. The largest absolute Gasteiger partial charge is 0.381 e. The predicted octanol–water partition coefficient (Wildman–Crippen LogP) is 2.12. The van der Waals surface area contributed by atoms with Crippen LogP contribution < -0.4 is 5.32 Å². The van der Waals surface area contributed by atoms with E-state index in [-0.39, 0.29) is 0 Å². The Bertz CT molecular complexity index is 210. The van der Waals surface area contributed by atoms with Crippen LogP contribution in [0.25, 0.3) is 0 Å². The Hall–Kier alpha value is -0.120. The molecule has 1 aliphatic heterocycles. The van der Waals surface area contributed by atoms with E-state index in [9.17, 15) is 0 Å². The Morgan fingerprint density at radius 1 is 1.29 bits per heavy atom. The minimum absolute atomic E-state index is 0.331. The highest BCUT2D eigenvalue weighted by atomic mass is 16.5. The number of hydrogen-bond acceptors (Lipinski definition) is 3. The quantitative estimate of drug-likeness (QED) is 0.772. The zero-order valence-corrected chi connectivity index (χ0v) is 12.3. The van der Waals surface area contributed by atoms with Crippen LogP contribution in [0, 0.1) is 5.41 Å². The first-order valence-corrected chi connectivity index (χ1v) is 6.92. The average molecular weight is 242 g/mol. The summed E-state index contributed by atoms with van der Waals surface area (Å²) >= 11 is 0. The van der Waals surface area contributed by atoms with E-state index in [1.807, 2.05) is 0 Å². The van der Waals surface area contributed by atoms with E-state index >= 15 is 0 Å². The molecule has 0 unspecified atom stereocenters. The van der Waals surface area contributed by atoms with Crippen molar-refractivity contribution in [2.24, 2.45) is 5.41 Å². The lowest BCUT2D eigenvalue weighted by atomic mass is 9.91. The van der Waals surface area contributed by atoms with E-state index in [2.05, 4.69) is 45.0 Å². The number of rotatable bonds is 6. The van der Waals surface area contributed by atoms with E-state index in [4.69, 9.17) is 4.74 Å². The molecule has 0 spiro atoms. The lowest BCUT2D eigenvalue weighted by molar-refractivity contribution is 0.0312. The highest BCUT2D eigenvalue weighted by Crippen LogP contribution is 2.20. The number of hydrogen-bond donors (Lipinski definition) is 1. The van der Waals surface area contributed by atoms with Crippen LogP contribution in [-0.4, -0.2) is 50.3 Å². The monoisotopic (exact) mass is 242 g/mol. The maximum atomic E-state index is 5.42. The smallest absolute Gasteiger partial charge is 0.0480 e. The number of nitrogens with zero attached hydrogens (tertiary/aromatic N) is 1. The summed E-state index contributed by atoms with van der Waals surface area (Å²) in [6.45, 7) is 13.2. The molecule has 1 rings (SSSR count). The van der Waals surface area contributed by atoms with Crippen molar-refractivity contribution in [3.63, 3.8) is 0 Å². The third kappa shape index (κ3) is 5.84. The highest BCUT2D eigenvalue weighted by molar-refractivity contribution is 4.80. The Kier molecular flexibility index (Phi) is 5.90. The van der Waals surface area contributed by atoms with Gasteiger partial charge in [0.25, 0.3) is 0 Å². The molecule has 0 aromatic rings. The molecule has 0 aromatic carbocycles. The van der Waals surface area contributed by atoms with Gasteiger partial charge in [0.15, 0.2) is 0 Å². The molecule has 1 heterocycles. The van der Waals surface area contributed by atoms with E-state index in [1.165, 1.54) is 12.8 Å². The minimum atomic E-state index is 0.331. The van der Waals surface area contributed by atoms with Crippen molar-refractivity contribution in [1.29, 1.82) is 0 Å². The molecule has 0 radical (unpaired) electrons. The van der Waals surface area contributed by atoms with E-state index in [1.54, 1.807) is 0 Å². The molecular formula is C14H30N2O. The van der Waals surface area contributed by atoms with Crippen molar-refractivity contribution in [2.45, 2.75) is 52.6 Å². The summed E-state index contributed by atoms with van der Waals surface area (Å²) in [5.41, 5.74) is 0.331. The molecule has 1 fully saturated rings. The fraction of sp³-hybridized carbons (Fsp3) is 1.00. The first-order chi connectivity index (χ1) is 7.91. The number of ether oxygens (including phenoxy) is 1. The van der Waals surface area contributed by atoms with Crippen LogP contribution in [0.5, 0.6) is 0 Å². The van der Waals surface area contributed by atoms with Crippen LogP contribution in [0.1, 0.15) is 40.5 Å². The predicted molar refractivity (Wildman–Crippen MR) is 73.4 cm³/mol. The Balaban J connectivity index is 2.34. The summed E-state index contributed by atoms with van der Waals surface area (Å²) in [5, 5.41) is 3.54. The van der Waals surface area contributed by atoms with Gasteiger partial charge in [-0.05, 0) is 25.3 Å². The van der Waals surface area contributed by atoms with Crippen molar-refractivity contribution in [1.82, 2.24) is 10.2 Å². The van der Waals surface area contributed by atoms with Crippen LogP contribution in [0.15, 0.2) is 0 Å². The molecule has 0 amide bonds. The molecule has 0 aliphatic carbocycles. The fourth-order valence-electron chi connectivity index (χ4n) is 2.47. The third-order valence-corrected chi connectivity index (χ3v) is 3.48. The van der Waals surface area contributed by atoms with Gasteiger partial charge in [-0.1, -0.05) is 27.7 Å². The fourth-order valence-corrected chi connectivity index (χ4v) is 2.47. The molecule has 0 aromatic heterocycles. The molecule has 102 valence electrons. The normalized spacial score (nSPS) is 19.2. The molecule has 0 bridgehead atoms. The second-order valence-electron chi connectivity index (χ2n) is 6.46. The van der Waals surface area contributed by atoms with Gasteiger partial charge in [-0.25, -0.2) is 0 Å². The number of nitrogens with one attached hydrogen (secondary N) is 1. The summed E-state index contributed by atoms with van der Waals surface area (Å²) < 4.78 is 5.42. The van der Waals surface area contributed by atoms with Gasteiger partial charge < -0.3 is 15.0 Å². The summed E-state index contributed by atoms with van der Waals surface area (Å²) in [5.74, 6) is 0. The van der Waals surface area contributed by atoms with Crippen LogP contribution in [0.2, 0.25) is 0 Å². The van der Waals surface area contributed by atoms with E-state index in [0.29, 0.717) is 17.5 Å². The van der Waals surface area contributed by atoms with Crippen LogP contribution in [0.4, 0.5) is 0 Å². The molecule has 1 N–H and O–H groups in total. The van der Waals surface area contributed by atoms with E-state index in [0.717, 1.165) is 26.3 Å². The van der Waals surface area contributed by atoms with Crippen LogP contribution in [-0.2, 0) is 4.74 Å². The van der Waals surface area contributed by atoms with Gasteiger partial charge in [0.2, 0.25) is 0 Å². The lowest BCUT2D eigenvalue weighted by Gasteiger charge is -2.37. The van der Waals surface area contributed by atoms with Crippen molar-refractivity contribution in [3.05, 3.63) is 0 Å². The molecule has 1 saturated heterocycles. The maximum absolute atomic E-state index is 5.42. The summed E-state index contributed by atoms with van der Waals surface area (Å²) in [7, 11) is 2.26. The summed E-state index contributed by atoms with van der Waals surface area (Å²) in [6.07, 6.45) is 2.37. The van der Waals surface area contributed by atoms with Gasteiger partial charge in [-0.2, -0.15) is 0 Å².